The lowest BCUT2D eigenvalue weighted by molar-refractivity contribution is -0.132. The van der Waals surface area contributed by atoms with E-state index < -0.39 is 17.7 Å². The Hall–Kier alpha value is -3.25. The first-order valence-corrected chi connectivity index (χ1v) is 10.2. The van der Waals surface area contributed by atoms with Gasteiger partial charge >= 0.3 is 0 Å². The van der Waals surface area contributed by atoms with E-state index in [0.29, 0.717) is 16.8 Å². The molecule has 1 fully saturated rings. The Balaban J connectivity index is 1.97. The highest BCUT2D eigenvalue weighted by molar-refractivity contribution is 9.10. The molecule has 150 valence electrons. The molecule has 6 heteroatoms. The van der Waals surface area contributed by atoms with E-state index in [9.17, 15) is 14.7 Å². The van der Waals surface area contributed by atoms with Gasteiger partial charge < -0.3 is 5.11 Å². The van der Waals surface area contributed by atoms with E-state index in [1.165, 1.54) is 4.90 Å². The maximum Gasteiger partial charge on any atom is 0.300 e. The summed E-state index contributed by atoms with van der Waals surface area (Å²) in [6, 6.07) is 15.4. The van der Waals surface area contributed by atoms with Gasteiger partial charge in [-0.1, -0.05) is 46.3 Å². The van der Waals surface area contributed by atoms with Gasteiger partial charge in [0.15, 0.2) is 0 Å². The summed E-state index contributed by atoms with van der Waals surface area (Å²) in [5.74, 6) is -1.59. The highest BCUT2D eigenvalue weighted by atomic mass is 79.9. The second kappa shape index (κ2) is 7.88. The molecule has 3 aromatic rings. The molecule has 5 nitrogen and oxygen atoms in total. The Kier molecular flexibility index (Phi) is 5.26. The Morgan fingerprint density at radius 3 is 2.47 bits per heavy atom. The maximum absolute atomic E-state index is 13.1. The summed E-state index contributed by atoms with van der Waals surface area (Å²) in [7, 11) is 0. The number of aliphatic hydroxyl groups excluding tert-OH is 1. The number of pyridine rings is 1. The van der Waals surface area contributed by atoms with Gasteiger partial charge in [0.2, 0.25) is 0 Å². The molecule has 30 heavy (non-hydrogen) atoms. The number of ketones is 1. The molecule has 1 unspecified atom stereocenters. The lowest BCUT2D eigenvalue weighted by Gasteiger charge is -2.26. The number of aromatic nitrogens is 1. The number of hydrogen-bond donors (Lipinski definition) is 1. The number of anilines is 1. The van der Waals surface area contributed by atoms with Gasteiger partial charge in [-0.3, -0.25) is 19.5 Å². The maximum atomic E-state index is 13.1. The predicted molar refractivity (Wildman–Crippen MR) is 119 cm³/mol. The second-order valence-corrected chi connectivity index (χ2v) is 8.06. The molecule has 2 heterocycles. The lowest BCUT2D eigenvalue weighted by Crippen LogP contribution is -2.30. The number of hydrogen-bond acceptors (Lipinski definition) is 4. The molecular weight excluding hydrogens is 444 g/mol. The highest BCUT2D eigenvalue weighted by Gasteiger charge is 2.47. The number of benzene rings is 2. The summed E-state index contributed by atoms with van der Waals surface area (Å²) in [6.45, 7) is 3.78. The van der Waals surface area contributed by atoms with Gasteiger partial charge in [0, 0.05) is 28.1 Å². The molecule has 1 aliphatic heterocycles. The second-order valence-electron chi connectivity index (χ2n) is 7.21. The van der Waals surface area contributed by atoms with Gasteiger partial charge in [-0.25, -0.2) is 0 Å². The van der Waals surface area contributed by atoms with Crippen molar-refractivity contribution < 1.29 is 14.7 Å². The third-order valence-corrected chi connectivity index (χ3v) is 6.14. The average molecular weight is 463 g/mol. The standard InChI is InChI=1S/C24H19BrN2O3/c1-14-6-3-4-8-19(14)27-21(17-7-5-11-26-13-17)20(23(29)24(27)30)22(28)16-9-10-18(25)15(2)12-16/h3-13,21,28H,1-2H3/b22-20-. The van der Waals surface area contributed by atoms with Crippen molar-refractivity contribution in [1.82, 2.24) is 4.98 Å². The molecule has 0 bridgehead atoms. The van der Waals surface area contributed by atoms with E-state index in [-0.39, 0.29) is 11.3 Å². The van der Waals surface area contributed by atoms with Crippen molar-refractivity contribution in [3.63, 3.8) is 0 Å². The molecule has 1 saturated heterocycles. The average Bonchev–Trinajstić information content (AvgIpc) is 3.01. The number of rotatable bonds is 3. The predicted octanol–water partition coefficient (Wildman–Crippen LogP) is 5.09. The smallest absolute Gasteiger partial charge is 0.300 e. The summed E-state index contributed by atoms with van der Waals surface area (Å²) in [4.78, 5) is 31.8. The van der Waals surface area contributed by atoms with Crippen LogP contribution in [0.4, 0.5) is 5.69 Å². The molecule has 4 rings (SSSR count). The zero-order chi connectivity index (χ0) is 21.4. The van der Waals surface area contributed by atoms with E-state index >= 15 is 0 Å². The number of Topliss-reactive ketones (excluding diaryl/α,β-unsaturated/α-hetero) is 1. The van der Waals surface area contributed by atoms with Gasteiger partial charge in [0.05, 0.1) is 11.6 Å². The van der Waals surface area contributed by atoms with E-state index in [4.69, 9.17) is 0 Å². The number of carbonyl (C=O) groups excluding carboxylic acids is 2. The zero-order valence-corrected chi connectivity index (χ0v) is 18.1. The zero-order valence-electron chi connectivity index (χ0n) is 16.5. The number of halogens is 1. The Labute approximate surface area is 182 Å². The number of aliphatic hydroxyl groups is 1. The van der Waals surface area contributed by atoms with Crippen molar-refractivity contribution in [1.29, 1.82) is 0 Å². The van der Waals surface area contributed by atoms with Crippen LogP contribution in [-0.4, -0.2) is 21.8 Å². The summed E-state index contributed by atoms with van der Waals surface area (Å²) in [6.07, 6.45) is 3.24. The molecule has 0 aliphatic carbocycles. The van der Waals surface area contributed by atoms with Crippen LogP contribution in [0.1, 0.15) is 28.3 Å². The first-order chi connectivity index (χ1) is 14.4. The highest BCUT2D eigenvalue weighted by Crippen LogP contribution is 2.42. The first kappa shape index (κ1) is 20.0. The number of carbonyl (C=O) groups is 2. The number of para-hydroxylation sites is 1. The van der Waals surface area contributed by atoms with Crippen molar-refractivity contribution in [2.24, 2.45) is 0 Å². The third kappa shape index (κ3) is 3.33. The van der Waals surface area contributed by atoms with Crippen LogP contribution < -0.4 is 4.90 Å². The minimum absolute atomic E-state index is 0.0537. The summed E-state index contributed by atoms with van der Waals surface area (Å²) < 4.78 is 0.892. The SMILES string of the molecule is Cc1cc(/C(O)=C2/C(=O)C(=O)N(c3ccccc3C)C2c2cccnc2)ccc1Br. The molecule has 2 aromatic carbocycles. The molecule has 1 aliphatic rings. The third-order valence-electron chi connectivity index (χ3n) is 5.25. The molecule has 0 saturated carbocycles. The van der Waals surface area contributed by atoms with E-state index in [2.05, 4.69) is 20.9 Å². The molecule has 1 atom stereocenters. The van der Waals surface area contributed by atoms with Crippen molar-refractivity contribution in [3.8, 4) is 0 Å². The number of aryl methyl sites for hydroxylation is 2. The van der Waals surface area contributed by atoms with E-state index in [0.717, 1.165) is 15.6 Å². The summed E-state index contributed by atoms with van der Waals surface area (Å²) >= 11 is 3.44. The normalized spacial score (nSPS) is 18.1. The first-order valence-electron chi connectivity index (χ1n) is 9.43. The van der Waals surface area contributed by atoms with E-state index in [1.54, 1.807) is 48.8 Å². The van der Waals surface area contributed by atoms with Crippen LogP contribution in [0, 0.1) is 13.8 Å². The van der Waals surface area contributed by atoms with Crippen LogP contribution >= 0.6 is 15.9 Å². The Morgan fingerprint density at radius 2 is 1.80 bits per heavy atom. The number of amides is 1. The minimum atomic E-state index is -0.774. The van der Waals surface area contributed by atoms with Crippen LogP contribution in [0.3, 0.4) is 0 Å². The molecule has 0 spiro atoms. The fraction of sp³-hybridized carbons (Fsp3) is 0.125. The summed E-state index contributed by atoms with van der Waals surface area (Å²) in [5.41, 5.74) is 3.57. The fourth-order valence-corrected chi connectivity index (χ4v) is 3.96. The molecular formula is C24H19BrN2O3. The summed E-state index contributed by atoms with van der Waals surface area (Å²) in [5, 5.41) is 11.1. The van der Waals surface area contributed by atoms with Crippen LogP contribution in [0.2, 0.25) is 0 Å². The van der Waals surface area contributed by atoms with Crippen LogP contribution in [0.15, 0.2) is 77.0 Å². The fourth-order valence-electron chi connectivity index (χ4n) is 3.72. The number of nitrogens with zero attached hydrogens (tertiary/aromatic N) is 2. The molecule has 1 amide bonds. The van der Waals surface area contributed by atoms with Gasteiger partial charge in [0.1, 0.15) is 5.76 Å². The quantitative estimate of drug-likeness (QED) is 0.334. The Morgan fingerprint density at radius 1 is 1.03 bits per heavy atom. The largest absolute Gasteiger partial charge is 0.507 e. The van der Waals surface area contributed by atoms with E-state index in [1.807, 2.05) is 32.0 Å². The van der Waals surface area contributed by atoms with Gasteiger partial charge in [0.25, 0.3) is 11.7 Å². The monoisotopic (exact) mass is 462 g/mol. The van der Waals surface area contributed by atoms with Gasteiger partial charge in [-0.15, -0.1) is 0 Å². The van der Waals surface area contributed by atoms with Crippen molar-refractivity contribution in [3.05, 3.63) is 99.3 Å². The van der Waals surface area contributed by atoms with Crippen molar-refractivity contribution in [2.45, 2.75) is 19.9 Å². The topological polar surface area (TPSA) is 70.5 Å². The Bertz CT molecular complexity index is 1190. The van der Waals surface area contributed by atoms with Crippen molar-refractivity contribution >= 4 is 39.1 Å². The van der Waals surface area contributed by atoms with Crippen LogP contribution in [0.5, 0.6) is 0 Å². The lowest BCUT2D eigenvalue weighted by atomic mass is 9.95. The van der Waals surface area contributed by atoms with Crippen LogP contribution in [0.25, 0.3) is 5.76 Å². The molecule has 1 aromatic heterocycles. The molecule has 0 radical (unpaired) electrons. The van der Waals surface area contributed by atoms with Crippen LogP contribution in [-0.2, 0) is 9.59 Å². The van der Waals surface area contributed by atoms with Crippen molar-refractivity contribution in [2.75, 3.05) is 4.90 Å². The van der Waals surface area contributed by atoms with Gasteiger partial charge in [-0.2, -0.15) is 0 Å². The minimum Gasteiger partial charge on any atom is -0.507 e. The molecule has 1 N–H and O–H groups in total. The van der Waals surface area contributed by atoms with Gasteiger partial charge in [-0.05, 0) is 54.8 Å².